The Hall–Kier alpha value is -4.36. The molecule has 0 aliphatic heterocycles. The van der Waals surface area contributed by atoms with E-state index in [2.05, 4.69) is 15.0 Å². The van der Waals surface area contributed by atoms with Crippen LogP contribution in [-0.2, 0) is 38.1 Å². The first-order valence-electron chi connectivity index (χ1n) is 11.9. The number of nitrogens with zero attached hydrogens (tertiary/aromatic N) is 3. The van der Waals surface area contributed by atoms with Crippen LogP contribution >= 0.6 is 7.60 Å². The van der Waals surface area contributed by atoms with Crippen LogP contribution in [0.5, 0.6) is 0 Å². The minimum atomic E-state index is -4.00. The summed E-state index contributed by atoms with van der Waals surface area (Å²) in [5.41, 5.74) is 6.48. The molecule has 0 fully saturated rings. The summed E-state index contributed by atoms with van der Waals surface area (Å²) in [6.07, 6.45) is 0.909. The van der Waals surface area contributed by atoms with Gasteiger partial charge in [-0.1, -0.05) is 42.5 Å². The van der Waals surface area contributed by atoms with E-state index < -0.39 is 37.7 Å². The Morgan fingerprint density at radius 2 is 1.85 bits per heavy atom. The Bertz CT molecular complexity index is 1780. The van der Waals surface area contributed by atoms with Crippen LogP contribution in [0, 0.1) is 5.82 Å². The number of ether oxygens (including phenoxy) is 1. The van der Waals surface area contributed by atoms with Crippen molar-refractivity contribution in [3.63, 3.8) is 0 Å². The van der Waals surface area contributed by atoms with Gasteiger partial charge in [0, 0.05) is 12.1 Å². The van der Waals surface area contributed by atoms with Gasteiger partial charge in [-0.2, -0.15) is 4.98 Å². The van der Waals surface area contributed by atoms with Crippen molar-refractivity contribution in [3.8, 4) is 11.3 Å². The highest BCUT2D eigenvalue weighted by Gasteiger charge is 2.28. The summed E-state index contributed by atoms with van der Waals surface area (Å²) >= 11 is 0. The number of rotatable bonds is 12. The summed E-state index contributed by atoms with van der Waals surface area (Å²) in [6, 6.07) is 14.3. The molecule has 15 heteroatoms. The van der Waals surface area contributed by atoms with E-state index in [0.717, 1.165) is 0 Å². The molecule has 2 aromatic carbocycles. The molecule has 0 spiro atoms. The Kier molecular flexibility index (Phi) is 8.03. The van der Waals surface area contributed by atoms with E-state index in [1.165, 1.54) is 24.5 Å². The zero-order valence-corrected chi connectivity index (χ0v) is 21.7. The molecule has 5 rings (SSSR count). The molecule has 0 aliphatic rings. The maximum Gasteiger partial charge on any atom is 0.519 e. The number of imidazole rings is 1. The topological polar surface area (TPSA) is 178 Å². The maximum absolute atomic E-state index is 13.7. The van der Waals surface area contributed by atoms with Crippen molar-refractivity contribution in [2.45, 2.75) is 19.8 Å². The quantitative estimate of drug-likeness (QED) is 0.165. The van der Waals surface area contributed by atoms with Gasteiger partial charge in [0.05, 0.1) is 19.5 Å². The van der Waals surface area contributed by atoms with E-state index in [4.69, 9.17) is 28.4 Å². The van der Waals surface area contributed by atoms with Gasteiger partial charge in [0.25, 0.3) is 5.56 Å². The lowest BCUT2D eigenvalue weighted by molar-refractivity contribution is 0.114. The SMILES string of the molecule is Nc1nc2c(ncn2CCOCP(=O)(OCc2cccc(F)c2)OCc2oc(=O)oc2-c2ccccc2)c(=O)[nH]1. The summed E-state index contributed by atoms with van der Waals surface area (Å²) in [5.74, 6) is -1.38. The van der Waals surface area contributed by atoms with Gasteiger partial charge < -0.3 is 28.4 Å². The second-order valence-corrected chi connectivity index (χ2v) is 10.5. The fraction of sp³-hybridized carbons (Fsp3) is 0.200. The third kappa shape index (κ3) is 6.43. The van der Waals surface area contributed by atoms with Gasteiger partial charge in [-0.3, -0.25) is 18.9 Å². The van der Waals surface area contributed by atoms with Crippen LogP contribution in [0.2, 0.25) is 0 Å². The van der Waals surface area contributed by atoms with Crippen molar-refractivity contribution in [2.24, 2.45) is 0 Å². The summed E-state index contributed by atoms with van der Waals surface area (Å²) in [6.45, 7) is -0.479. The van der Waals surface area contributed by atoms with Crippen LogP contribution in [0.1, 0.15) is 11.3 Å². The number of aromatic amines is 1. The van der Waals surface area contributed by atoms with Crippen molar-refractivity contribution < 1.29 is 31.6 Å². The fourth-order valence-corrected chi connectivity index (χ4v) is 4.99. The highest BCUT2D eigenvalue weighted by Crippen LogP contribution is 2.50. The summed E-state index contributed by atoms with van der Waals surface area (Å²) < 4.78 is 55.9. The molecule has 0 saturated heterocycles. The molecule has 0 bridgehead atoms. The number of aromatic nitrogens is 4. The number of hydrogen-bond donors (Lipinski definition) is 2. The molecule has 5 aromatic rings. The lowest BCUT2D eigenvalue weighted by Gasteiger charge is -2.18. The van der Waals surface area contributed by atoms with Gasteiger partial charge in [-0.05, 0) is 17.7 Å². The average molecular weight is 571 g/mol. The number of nitrogens with one attached hydrogen (secondary N) is 1. The Morgan fingerprint density at radius 1 is 1.05 bits per heavy atom. The molecule has 3 heterocycles. The number of halogens is 1. The number of fused-ring (bicyclic) bond motifs is 1. The van der Waals surface area contributed by atoms with E-state index in [9.17, 15) is 18.5 Å². The van der Waals surface area contributed by atoms with E-state index in [1.807, 2.05) is 0 Å². The predicted octanol–water partition coefficient (Wildman–Crippen LogP) is 3.65. The van der Waals surface area contributed by atoms with Crippen LogP contribution in [0.15, 0.2) is 79.3 Å². The molecule has 0 saturated carbocycles. The van der Waals surface area contributed by atoms with Gasteiger partial charge >= 0.3 is 13.4 Å². The van der Waals surface area contributed by atoms with Gasteiger partial charge in [0.1, 0.15) is 18.8 Å². The monoisotopic (exact) mass is 571 g/mol. The first-order valence-corrected chi connectivity index (χ1v) is 13.6. The van der Waals surface area contributed by atoms with Crippen molar-refractivity contribution in [1.29, 1.82) is 0 Å². The van der Waals surface area contributed by atoms with Crippen molar-refractivity contribution in [3.05, 3.63) is 99.0 Å². The summed E-state index contributed by atoms with van der Waals surface area (Å²) in [7, 11) is -4.00. The zero-order valence-electron chi connectivity index (χ0n) is 20.8. The highest BCUT2D eigenvalue weighted by atomic mass is 31.2. The Morgan fingerprint density at radius 3 is 2.65 bits per heavy atom. The summed E-state index contributed by atoms with van der Waals surface area (Å²) in [5, 5.41) is 0. The van der Waals surface area contributed by atoms with E-state index >= 15 is 0 Å². The van der Waals surface area contributed by atoms with Gasteiger partial charge in [-0.15, -0.1) is 0 Å². The average Bonchev–Trinajstić information content (AvgIpc) is 3.52. The second-order valence-electron chi connectivity index (χ2n) is 8.46. The van der Waals surface area contributed by atoms with Crippen molar-refractivity contribution >= 4 is 24.7 Å². The minimum Gasteiger partial charge on any atom is -0.393 e. The predicted molar refractivity (Wildman–Crippen MR) is 140 cm³/mol. The Balaban J connectivity index is 1.29. The minimum absolute atomic E-state index is 0.00421. The van der Waals surface area contributed by atoms with Gasteiger partial charge in [0.15, 0.2) is 22.7 Å². The molecular weight excluding hydrogens is 548 g/mol. The molecule has 13 nitrogen and oxygen atoms in total. The second kappa shape index (κ2) is 11.8. The molecular formula is C25H23FN5O8P. The number of benzene rings is 2. The van der Waals surface area contributed by atoms with Crippen molar-refractivity contribution in [1.82, 2.24) is 19.5 Å². The normalized spacial score (nSPS) is 13.0. The third-order valence-corrected chi connectivity index (χ3v) is 7.15. The number of nitrogens with two attached hydrogens (primary N) is 1. The molecule has 0 aliphatic carbocycles. The van der Waals surface area contributed by atoms with Gasteiger partial charge in [-0.25, -0.2) is 14.2 Å². The number of nitrogen functional groups attached to an aromatic ring is 1. The number of H-pyrrole nitrogens is 1. The van der Waals surface area contributed by atoms with Crippen LogP contribution in [0.4, 0.5) is 10.3 Å². The highest BCUT2D eigenvalue weighted by molar-refractivity contribution is 7.53. The largest absolute Gasteiger partial charge is 0.519 e. The molecule has 1 unspecified atom stereocenters. The first kappa shape index (κ1) is 27.2. The van der Waals surface area contributed by atoms with E-state index in [0.29, 0.717) is 11.1 Å². The molecule has 1 atom stereocenters. The third-order valence-electron chi connectivity index (χ3n) is 5.61. The zero-order chi connectivity index (χ0) is 28.1. The van der Waals surface area contributed by atoms with Crippen molar-refractivity contribution in [2.75, 3.05) is 18.7 Å². The lowest BCUT2D eigenvalue weighted by Crippen LogP contribution is -2.13. The lowest BCUT2D eigenvalue weighted by atomic mass is 10.1. The molecule has 0 radical (unpaired) electrons. The van der Waals surface area contributed by atoms with E-state index in [-0.39, 0.29) is 48.4 Å². The van der Waals surface area contributed by atoms with Crippen LogP contribution < -0.4 is 17.1 Å². The Labute approximate surface area is 224 Å². The molecule has 3 N–H and O–H groups in total. The standard InChI is InChI=1S/C25H23FN5O8P/c26-18-8-4-5-16(11-18)12-36-40(34,37-13-19-21(39-25(33)38-19)17-6-2-1-3-7-17)15-35-10-9-31-14-28-20-22(31)29-24(27)30-23(20)32/h1-8,11,14H,9-10,12-13,15H2,(H3,27,29,30,32). The smallest absolute Gasteiger partial charge is 0.393 e. The molecule has 208 valence electrons. The van der Waals surface area contributed by atoms with Crippen LogP contribution in [-0.4, -0.2) is 32.5 Å². The molecule has 0 amide bonds. The van der Waals surface area contributed by atoms with E-state index in [1.54, 1.807) is 41.0 Å². The molecule has 3 aromatic heterocycles. The maximum atomic E-state index is 13.7. The first-order chi connectivity index (χ1) is 19.3. The van der Waals surface area contributed by atoms with Crippen LogP contribution in [0.25, 0.3) is 22.5 Å². The van der Waals surface area contributed by atoms with Crippen LogP contribution in [0.3, 0.4) is 0 Å². The van der Waals surface area contributed by atoms with Gasteiger partial charge in [0.2, 0.25) is 5.95 Å². The fourth-order valence-electron chi connectivity index (χ4n) is 3.75. The molecule has 40 heavy (non-hydrogen) atoms. The summed E-state index contributed by atoms with van der Waals surface area (Å²) in [4.78, 5) is 34.3. The number of anilines is 1. The number of hydrogen-bond acceptors (Lipinski definition) is 11.